The predicted octanol–water partition coefficient (Wildman–Crippen LogP) is 3.27. The summed E-state index contributed by atoms with van der Waals surface area (Å²) < 4.78 is 5.59. The summed E-state index contributed by atoms with van der Waals surface area (Å²) in [6.45, 7) is 0.425. The Morgan fingerprint density at radius 1 is 1.05 bits per heavy atom. The van der Waals surface area contributed by atoms with Gasteiger partial charge in [0, 0.05) is 24.5 Å². The number of benzene rings is 1. The number of nitrogens with zero attached hydrogens (tertiary/aromatic N) is 1. The summed E-state index contributed by atoms with van der Waals surface area (Å²) in [6.07, 6.45) is 3.42. The summed E-state index contributed by atoms with van der Waals surface area (Å²) >= 11 is 0. The van der Waals surface area contributed by atoms with Gasteiger partial charge in [0.15, 0.2) is 5.76 Å². The third kappa shape index (κ3) is 3.17. The lowest BCUT2D eigenvalue weighted by molar-refractivity contribution is 0.0924. The average molecular weight is 278 g/mol. The Morgan fingerprint density at radius 2 is 1.90 bits per heavy atom. The first kappa shape index (κ1) is 13.1. The van der Waals surface area contributed by atoms with Gasteiger partial charge in [-0.2, -0.15) is 0 Å². The fourth-order valence-electron chi connectivity index (χ4n) is 1.99. The lowest BCUT2D eigenvalue weighted by atomic mass is 10.2. The second-order valence-electron chi connectivity index (χ2n) is 4.57. The molecule has 3 aromatic rings. The van der Waals surface area contributed by atoms with Crippen molar-refractivity contribution in [2.24, 2.45) is 0 Å². The van der Waals surface area contributed by atoms with Crippen molar-refractivity contribution in [1.82, 2.24) is 10.3 Å². The van der Waals surface area contributed by atoms with Crippen LogP contribution in [-0.4, -0.2) is 10.9 Å². The zero-order valence-corrected chi connectivity index (χ0v) is 11.3. The van der Waals surface area contributed by atoms with Crippen LogP contribution in [0.15, 0.2) is 71.4 Å². The van der Waals surface area contributed by atoms with Gasteiger partial charge in [-0.1, -0.05) is 36.4 Å². The van der Waals surface area contributed by atoms with E-state index >= 15 is 0 Å². The quantitative estimate of drug-likeness (QED) is 0.797. The molecule has 3 rings (SSSR count). The van der Waals surface area contributed by atoms with E-state index in [0.717, 1.165) is 11.1 Å². The van der Waals surface area contributed by atoms with Crippen molar-refractivity contribution in [1.29, 1.82) is 0 Å². The molecule has 4 heteroatoms. The molecular formula is C17H14N2O2. The van der Waals surface area contributed by atoms with Crippen molar-refractivity contribution in [2.45, 2.75) is 6.54 Å². The molecule has 2 aromatic heterocycles. The highest BCUT2D eigenvalue weighted by Crippen LogP contribution is 2.21. The predicted molar refractivity (Wildman–Crippen MR) is 79.6 cm³/mol. The van der Waals surface area contributed by atoms with Crippen LogP contribution in [0.3, 0.4) is 0 Å². The minimum Gasteiger partial charge on any atom is -0.451 e. The van der Waals surface area contributed by atoms with Gasteiger partial charge in [0.1, 0.15) is 5.76 Å². The van der Waals surface area contributed by atoms with E-state index in [1.54, 1.807) is 24.5 Å². The van der Waals surface area contributed by atoms with Gasteiger partial charge < -0.3 is 9.73 Å². The number of hydrogen-bond donors (Lipinski definition) is 1. The molecule has 1 aromatic carbocycles. The van der Waals surface area contributed by atoms with Crippen LogP contribution in [-0.2, 0) is 6.54 Å². The van der Waals surface area contributed by atoms with Gasteiger partial charge >= 0.3 is 0 Å². The third-order valence-electron chi connectivity index (χ3n) is 3.06. The largest absolute Gasteiger partial charge is 0.451 e. The second-order valence-corrected chi connectivity index (χ2v) is 4.57. The summed E-state index contributed by atoms with van der Waals surface area (Å²) in [5, 5.41) is 2.81. The molecule has 0 atom stereocenters. The Labute approximate surface area is 122 Å². The van der Waals surface area contributed by atoms with Crippen molar-refractivity contribution >= 4 is 5.91 Å². The van der Waals surface area contributed by atoms with Gasteiger partial charge in [-0.05, 0) is 23.8 Å². The van der Waals surface area contributed by atoms with Gasteiger partial charge in [0.2, 0.25) is 0 Å². The normalized spacial score (nSPS) is 10.3. The first-order valence-electron chi connectivity index (χ1n) is 6.65. The molecule has 0 bridgehead atoms. The number of carbonyl (C=O) groups is 1. The highest BCUT2D eigenvalue weighted by Gasteiger charge is 2.11. The highest BCUT2D eigenvalue weighted by atomic mass is 16.3. The smallest absolute Gasteiger partial charge is 0.287 e. The molecule has 21 heavy (non-hydrogen) atoms. The van der Waals surface area contributed by atoms with Gasteiger partial charge in [-0.15, -0.1) is 0 Å². The lowest BCUT2D eigenvalue weighted by Crippen LogP contribution is -2.22. The van der Waals surface area contributed by atoms with Gasteiger partial charge in [-0.3, -0.25) is 9.78 Å². The molecule has 0 aliphatic heterocycles. The fraction of sp³-hybridized carbons (Fsp3) is 0.0588. The average Bonchev–Trinajstić information content (AvgIpc) is 3.04. The van der Waals surface area contributed by atoms with E-state index in [-0.39, 0.29) is 5.91 Å². The van der Waals surface area contributed by atoms with E-state index in [9.17, 15) is 4.79 Å². The molecule has 4 nitrogen and oxygen atoms in total. The van der Waals surface area contributed by atoms with Crippen molar-refractivity contribution in [3.05, 3.63) is 78.3 Å². The molecule has 104 valence electrons. The summed E-state index contributed by atoms with van der Waals surface area (Å²) in [4.78, 5) is 16.0. The van der Waals surface area contributed by atoms with Gasteiger partial charge in [0.05, 0.1) is 0 Å². The molecule has 2 heterocycles. The van der Waals surface area contributed by atoms with Crippen LogP contribution in [0.4, 0.5) is 0 Å². The van der Waals surface area contributed by atoms with E-state index in [4.69, 9.17) is 4.42 Å². The molecule has 1 N–H and O–H groups in total. The SMILES string of the molecule is O=C(NCc1cccnc1)c1ccc(-c2ccccc2)o1. The Morgan fingerprint density at radius 3 is 2.67 bits per heavy atom. The Hall–Kier alpha value is -2.88. The van der Waals surface area contributed by atoms with Crippen LogP contribution in [0.1, 0.15) is 16.1 Å². The van der Waals surface area contributed by atoms with Crippen LogP contribution >= 0.6 is 0 Å². The van der Waals surface area contributed by atoms with Crippen molar-refractivity contribution in [3.63, 3.8) is 0 Å². The second kappa shape index (κ2) is 6.05. The van der Waals surface area contributed by atoms with E-state index in [1.807, 2.05) is 42.5 Å². The summed E-state index contributed by atoms with van der Waals surface area (Å²) in [7, 11) is 0. The summed E-state index contributed by atoms with van der Waals surface area (Å²) in [5.74, 6) is 0.751. The van der Waals surface area contributed by atoms with Crippen molar-refractivity contribution < 1.29 is 9.21 Å². The van der Waals surface area contributed by atoms with E-state index in [1.165, 1.54) is 0 Å². The topological polar surface area (TPSA) is 55.1 Å². The number of rotatable bonds is 4. The molecule has 1 amide bonds. The first-order chi connectivity index (χ1) is 10.3. The molecule has 0 saturated heterocycles. The fourth-order valence-corrected chi connectivity index (χ4v) is 1.99. The van der Waals surface area contributed by atoms with Crippen LogP contribution in [0.25, 0.3) is 11.3 Å². The number of furan rings is 1. The maximum Gasteiger partial charge on any atom is 0.287 e. The Kier molecular flexibility index (Phi) is 3.78. The molecular weight excluding hydrogens is 264 g/mol. The molecule has 0 radical (unpaired) electrons. The third-order valence-corrected chi connectivity index (χ3v) is 3.06. The maximum absolute atomic E-state index is 12.0. The number of aromatic nitrogens is 1. The summed E-state index contributed by atoms with van der Waals surface area (Å²) in [6, 6.07) is 16.9. The highest BCUT2D eigenvalue weighted by molar-refractivity contribution is 5.92. The number of nitrogens with one attached hydrogen (secondary N) is 1. The van der Waals surface area contributed by atoms with E-state index < -0.39 is 0 Å². The molecule has 0 aliphatic carbocycles. The molecule has 0 saturated carbocycles. The molecule has 0 unspecified atom stereocenters. The number of hydrogen-bond acceptors (Lipinski definition) is 3. The first-order valence-corrected chi connectivity index (χ1v) is 6.65. The van der Waals surface area contributed by atoms with Gasteiger partial charge in [0.25, 0.3) is 5.91 Å². The minimum absolute atomic E-state index is 0.235. The van der Waals surface area contributed by atoms with Crippen LogP contribution in [0.5, 0.6) is 0 Å². The zero-order valence-electron chi connectivity index (χ0n) is 11.3. The lowest BCUT2D eigenvalue weighted by Gasteiger charge is -2.02. The molecule has 0 fully saturated rings. The van der Waals surface area contributed by atoms with Crippen molar-refractivity contribution in [2.75, 3.05) is 0 Å². The maximum atomic E-state index is 12.0. The van der Waals surface area contributed by atoms with Crippen LogP contribution in [0, 0.1) is 0 Å². The monoisotopic (exact) mass is 278 g/mol. The van der Waals surface area contributed by atoms with Crippen LogP contribution < -0.4 is 5.32 Å². The minimum atomic E-state index is -0.235. The molecule has 0 aliphatic rings. The standard InChI is InChI=1S/C17H14N2O2/c20-17(19-12-13-5-4-10-18-11-13)16-9-8-15(21-16)14-6-2-1-3-7-14/h1-11H,12H2,(H,19,20). The van der Waals surface area contributed by atoms with Crippen molar-refractivity contribution in [3.8, 4) is 11.3 Å². The number of amides is 1. The van der Waals surface area contributed by atoms with E-state index in [0.29, 0.717) is 18.1 Å². The Bertz CT molecular complexity index is 721. The number of pyridine rings is 1. The zero-order chi connectivity index (χ0) is 14.5. The summed E-state index contributed by atoms with van der Waals surface area (Å²) in [5.41, 5.74) is 1.89. The van der Waals surface area contributed by atoms with E-state index in [2.05, 4.69) is 10.3 Å². The van der Waals surface area contributed by atoms with Crippen LogP contribution in [0.2, 0.25) is 0 Å². The Balaban J connectivity index is 1.67. The molecule has 0 spiro atoms. The number of carbonyl (C=O) groups excluding carboxylic acids is 1. The van der Waals surface area contributed by atoms with Gasteiger partial charge in [-0.25, -0.2) is 0 Å².